The van der Waals surface area contributed by atoms with E-state index in [1.165, 1.54) is 72.8 Å². The molecule has 0 saturated carbocycles. The zero-order valence-corrected chi connectivity index (χ0v) is 36.2. The van der Waals surface area contributed by atoms with Crippen molar-refractivity contribution in [2.75, 3.05) is 0 Å². The third-order valence-electron chi connectivity index (χ3n) is 10.0. The van der Waals surface area contributed by atoms with Crippen molar-refractivity contribution in [2.45, 2.75) is 35.5 Å². The van der Waals surface area contributed by atoms with E-state index in [1.807, 2.05) is 48.5 Å². The molecule has 0 aliphatic heterocycles. The first-order chi connectivity index (χ1) is 30.9. The minimum atomic E-state index is -3.59. The lowest BCUT2D eigenvalue weighted by atomic mass is 9.78. The van der Waals surface area contributed by atoms with Crippen LogP contribution < -0.4 is 0 Å². The van der Waals surface area contributed by atoms with E-state index in [1.54, 1.807) is 72.8 Å². The Hall–Kier alpha value is -8.22. The van der Waals surface area contributed by atoms with E-state index in [0.29, 0.717) is 11.1 Å². The third-order valence-corrected chi connectivity index (χ3v) is 11.8. The first-order valence-corrected chi connectivity index (χ1v) is 21.5. The standard InChI is InChI=1S/C15H16O2.C13H10O3.C13H12O2.C12H10O4S/c1-15(2,11-3-7-13(16)8-4-11)12-5-9-14(17)10-6-12;14-11-5-1-9(2-6-11)13(16)10-3-7-12(15)8-4-10;14-12-5-1-10(2-6-12)9-11-3-7-13(15)8-4-11;13-9-1-5-11(6-2-9)17(15,16)12-7-3-10(14)4-8-12/h3-10,16-17H,1-2H3;1-8,14-15H;1-8,14-15H,9H2;1-8,13-14H. The molecule has 8 rings (SSSR count). The summed E-state index contributed by atoms with van der Waals surface area (Å²) in [4.78, 5) is 12.1. The smallest absolute Gasteiger partial charge is 0.206 e. The number of benzene rings is 8. The Morgan fingerprint density at radius 3 is 0.831 bits per heavy atom. The van der Waals surface area contributed by atoms with Crippen molar-refractivity contribution in [1.82, 2.24) is 0 Å². The summed E-state index contributed by atoms with van der Waals surface area (Å²) in [5.41, 5.74) is 5.38. The lowest BCUT2D eigenvalue weighted by Crippen LogP contribution is -2.18. The summed E-state index contributed by atoms with van der Waals surface area (Å²) in [6.07, 6.45) is 0.806. The van der Waals surface area contributed by atoms with E-state index in [-0.39, 0.29) is 67.0 Å². The molecule has 8 aromatic rings. The summed E-state index contributed by atoms with van der Waals surface area (Å²) >= 11 is 0. The number of hydrogen-bond acceptors (Lipinski definition) is 11. The monoisotopic (exact) mass is 892 g/mol. The van der Waals surface area contributed by atoms with E-state index in [9.17, 15) is 23.4 Å². The summed E-state index contributed by atoms with van der Waals surface area (Å²) < 4.78 is 24.2. The van der Waals surface area contributed by atoms with E-state index in [4.69, 9.17) is 30.6 Å². The molecular weight excluding hydrogens is 845 g/mol. The van der Waals surface area contributed by atoms with Gasteiger partial charge in [0.15, 0.2) is 5.78 Å². The molecule has 0 aliphatic rings. The third kappa shape index (κ3) is 13.9. The highest BCUT2D eigenvalue weighted by atomic mass is 32.2. The van der Waals surface area contributed by atoms with Gasteiger partial charge in [-0.05, 0) is 174 Å². The minimum Gasteiger partial charge on any atom is -0.508 e. The van der Waals surface area contributed by atoms with Crippen LogP contribution in [0.25, 0.3) is 0 Å². The zero-order valence-electron chi connectivity index (χ0n) is 35.4. The molecule has 0 atom stereocenters. The summed E-state index contributed by atoms with van der Waals surface area (Å²) in [6.45, 7) is 4.23. The fourth-order valence-corrected chi connectivity index (χ4v) is 7.43. The van der Waals surface area contributed by atoms with E-state index < -0.39 is 9.84 Å². The van der Waals surface area contributed by atoms with Gasteiger partial charge in [-0.25, -0.2) is 8.42 Å². The number of aromatic hydroxyl groups is 8. The van der Waals surface area contributed by atoms with Gasteiger partial charge in [0.25, 0.3) is 0 Å². The van der Waals surface area contributed by atoms with Crippen LogP contribution in [0.15, 0.2) is 204 Å². The van der Waals surface area contributed by atoms with Crippen molar-refractivity contribution in [3.8, 4) is 46.0 Å². The van der Waals surface area contributed by atoms with Crippen molar-refractivity contribution in [2.24, 2.45) is 0 Å². The summed E-state index contributed by atoms with van der Waals surface area (Å²) in [5, 5.41) is 73.2. The van der Waals surface area contributed by atoms with Gasteiger partial charge in [0, 0.05) is 16.5 Å². The van der Waals surface area contributed by atoms with Crippen LogP contribution in [-0.2, 0) is 21.7 Å². The van der Waals surface area contributed by atoms with E-state index in [2.05, 4.69) is 13.8 Å². The maximum Gasteiger partial charge on any atom is 0.206 e. The van der Waals surface area contributed by atoms with E-state index in [0.717, 1.165) is 28.7 Å². The number of hydrogen-bond donors (Lipinski definition) is 8. The van der Waals surface area contributed by atoms with Crippen LogP contribution in [0.4, 0.5) is 0 Å². The highest BCUT2D eigenvalue weighted by Crippen LogP contribution is 2.33. The lowest BCUT2D eigenvalue weighted by Gasteiger charge is -2.26. The summed E-state index contributed by atoms with van der Waals surface area (Å²) in [7, 11) is -3.59. The molecule has 0 amide bonds. The molecule has 0 aromatic heterocycles. The quantitative estimate of drug-likeness (QED) is 0.0672. The predicted molar refractivity (Wildman–Crippen MR) is 249 cm³/mol. The van der Waals surface area contributed by atoms with Gasteiger partial charge in [-0.3, -0.25) is 4.79 Å². The van der Waals surface area contributed by atoms with Gasteiger partial charge in [-0.1, -0.05) is 62.4 Å². The normalized spacial score (nSPS) is 10.7. The van der Waals surface area contributed by atoms with Crippen LogP contribution in [0.5, 0.6) is 46.0 Å². The fraction of sp³-hybridized carbons (Fsp3) is 0.0755. The number of carbonyl (C=O) groups is 1. The molecule has 0 heterocycles. The molecule has 11 nitrogen and oxygen atoms in total. The average Bonchev–Trinajstić information content (AvgIpc) is 3.29. The highest BCUT2D eigenvalue weighted by molar-refractivity contribution is 7.91. The Bertz CT molecular complexity index is 2650. The van der Waals surface area contributed by atoms with Gasteiger partial charge in [0.1, 0.15) is 46.0 Å². The molecule has 8 N–H and O–H groups in total. The molecule has 0 aliphatic carbocycles. The maximum atomic E-state index is 12.1. The Kier molecular flexibility index (Phi) is 16.0. The van der Waals surface area contributed by atoms with Gasteiger partial charge < -0.3 is 40.9 Å². The molecule has 0 fully saturated rings. The Balaban J connectivity index is 0.000000163. The van der Waals surface area contributed by atoms with Crippen LogP contribution in [0, 0.1) is 0 Å². The second-order valence-electron chi connectivity index (χ2n) is 15.1. The molecular formula is C53H48O11S. The molecule has 0 unspecified atom stereocenters. The van der Waals surface area contributed by atoms with Crippen molar-refractivity contribution in [3.05, 3.63) is 228 Å². The number of carbonyl (C=O) groups excluding carboxylic acids is 1. The zero-order chi connectivity index (χ0) is 47.1. The van der Waals surface area contributed by atoms with Gasteiger partial charge in [0.05, 0.1) is 9.79 Å². The first-order valence-electron chi connectivity index (χ1n) is 20.0. The Labute approximate surface area is 377 Å². The molecule has 8 aromatic carbocycles. The minimum absolute atomic E-state index is 0.00894. The van der Waals surface area contributed by atoms with Crippen LogP contribution in [0.3, 0.4) is 0 Å². The second kappa shape index (κ2) is 21.7. The van der Waals surface area contributed by atoms with Gasteiger partial charge >= 0.3 is 0 Å². The van der Waals surface area contributed by atoms with Crippen LogP contribution in [0.1, 0.15) is 52.0 Å². The molecule has 65 heavy (non-hydrogen) atoms. The highest BCUT2D eigenvalue weighted by Gasteiger charge is 2.23. The number of rotatable bonds is 8. The summed E-state index contributed by atoms with van der Waals surface area (Å²) in [6, 6.07) is 51.4. The molecule has 0 radical (unpaired) electrons. The molecule has 12 heteroatoms. The van der Waals surface area contributed by atoms with Crippen LogP contribution >= 0.6 is 0 Å². The lowest BCUT2D eigenvalue weighted by molar-refractivity contribution is 0.103. The number of sulfone groups is 1. The topological polar surface area (TPSA) is 213 Å². The average molecular weight is 893 g/mol. The van der Waals surface area contributed by atoms with Gasteiger partial charge in [-0.2, -0.15) is 0 Å². The number of phenolic OH excluding ortho intramolecular Hbond substituents is 8. The Morgan fingerprint density at radius 2 is 0.569 bits per heavy atom. The molecule has 0 saturated heterocycles. The first kappa shape index (κ1) is 47.8. The van der Waals surface area contributed by atoms with Crippen molar-refractivity contribution >= 4 is 15.6 Å². The van der Waals surface area contributed by atoms with Gasteiger partial charge in [0.2, 0.25) is 9.84 Å². The largest absolute Gasteiger partial charge is 0.508 e. The summed E-state index contributed by atoms with van der Waals surface area (Å²) in [5.74, 6) is 1.24. The van der Waals surface area contributed by atoms with E-state index >= 15 is 0 Å². The molecule has 0 spiro atoms. The van der Waals surface area contributed by atoms with Crippen molar-refractivity contribution in [1.29, 1.82) is 0 Å². The fourth-order valence-electron chi connectivity index (χ4n) is 6.17. The predicted octanol–water partition coefficient (Wildman–Crippen LogP) is 10.4. The maximum absolute atomic E-state index is 12.1. The second-order valence-corrected chi connectivity index (χ2v) is 17.1. The number of phenols is 8. The van der Waals surface area contributed by atoms with Gasteiger partial charge in [-0.15, -0.1) is 0 Å². The number of ketones is 1. The van der Waals surface area contributed by atoms with Crippen LogP contribution in [0.2, 0.25) is 0 Å². The molecule has 0 bridgehead atoms. The van der Waals surface area contributed by atoms with Crippen LogP contribution in [-0.4, -0.2) is 55.1 Å². The SMILES string of the molecule is CC(C)(c1ccc(O)cc1)c1ccc(O)cc1.O=C(c1ccc(O)cc1)c1ccc(O)cc1.O=S(=O)(c1ccc(O)cc1)c1ccc(O)cc1.Oc1ccc(Cc2ccc(O)cc2)cc1. The molecule has 332 valence electrons. The Morgan fingerprint density at radius 1 is 0.354 bits per heavy atom. The van der Waals surface area contributed by atoms with Crippen molar-refractivity contribution < 1.29 is 54.1 Å². The van der Waals surface area contributed by atoms with Crippen molar-refractivity contribution in [3.63, 3.8) is 0 Å².